The van der Waals surface area contributed by atoms with Crippen LogP contribution in [0.1, 0.15) is 72.9 Å². The van der Waals surface area contributed by atoms with Crippen LogP contribution in [-0.2, 0) is 30.6 Å². The average Bonchev–Trinajstić information content (AvgIpc) is 3.57. The first-order valence-corrected chi connectivity index (χ1v) is 15.0. The van der Waals surface area contributed by atoms with Crippen molar-refractivity contribution < 1.29 is 14.7 Å². The van der Waals surface area contributed by atoms with Gasteiger partial charge < -0.3 is 9.84 Å². The Balaban J connectivity index is 1.32. The average molecular weight is 579 g/mol. The summed E-state index contributed by atoms with van der Waals surface area (Å²) in [6.07, 6.45) is 2.91. The Hall–Kier alpha value is -4.27. The second kappa shape index (κ2) is 11.8. The zero-order chi connectivity index (χ0) is 30.1. The third kappa shape index (κ3) is 5.98. The highest BCUT2D eigenvalue weighted by atomic mass is 16.7. The number of aryl methyl sites for hydroxylation is 2. The summed E-state index contributed by atoms with van der Waals surface area (Å²) in [6, 6.07) is 22.3. The predicted octanol–water partition coefficient (Wildman–Crippen LogP) is 5.47. The summed E-state index contributed by atoms with van der Waals surface area (Å²) in [4.78, 5) is 28.2. The van der Waals surface area contributed by atoms with Crippen molar-refractivity contribution in [2.75, 3.05) is 0 Å². The molecule has 2 aliphatic rings. The van der Waals surface area contributed by atoms with E-state index in [4.69, 9.17) is 14.6 Å². The summed E-state index contributed by atoms with van der Waals surface area (Å²) >= 11 is 0. The van der Waals surface area contributed by atoms with Crippen LogP contribution in [0.5, 0.6) is 5.75 Å². The van der Waals surface area contributed by atoms with Gasteiger partial charge in [-0.1, -0.05) is 80.1 Å². The molecule has 0 saturated carbocycles. The molecule has 3 heterocycles. The summed E-state index contributed by atoms with van der Waals surface area (Å²) in [7, 11) is 0. The number of aliphatic hydroxyl groups is 1. The quantitative estimate of drug-likeness (QED) is 0.273. The van der Waals surface area contributed by atoms with Gasteiger partial charge in [-0.3, -0.25) is 9.36 Å². The van der Waals surface area contributed by atoms with E-state index in [0.29, 0.717) is 18.8 Å². The molecule has 222 valence electrons. The van der Waals surface area contributed by atoms with E-state index in [-0.39, 0.29) is 11.2 Å². The maximum atomic E-state index is 14.1. The SMILES string of the molecule is CCCCc1nc(C)n(Cc2cccc3c2OC(C)(C)C3)c(=O)c1Cc1ccc(-c2ccccc2C2=NC(O)ON2)cc1. The van der Waals surface area contributed by atoms with E-state index in [1.807, 2.05) is 43.3 Å². The molecule has 6 rings (SSSR count). The molecule has 8 nitrogen and oxygen atoms in total. The van der Waals surface area contributed by atoms with E-state index in [2.05, 4.69) is 61.6 Å². The van der Waals surface area contributed by atoms with Crippen LogP contribution in [-0.4, -0.2) is 32.5 Å². The molecule has 2 aliphatic heterocycles. The third-order valence-corrected chi connectivity index (χ3v) is 8.14. The lowest BCUT2D eigenvalue weighted by Gasteiger charge is -2.19. The number of aliphatic imine (C=N–C) groups is 1. The van der Waals surface area contributed by atoms with Crippen molar-refractivity contribution in [2.45, 2.75) is 78.4 Å². The highest BCUT2D eigenvalue weighted by molar-refractivity contribution is 6.04. The Morgan fingerprint density at radius 1 is 1.05 bits per heavy atom. The number of hydrogen-bond donors (Lipinski definition) is 2. The van der Waals surface area contributed by atoms with E-state index >= 15 is 0 Å². The largest absolute Gasteiger partial charge is 0.487 e. The van der Waals surface area contributed by atoms with E-state index in [1.54, 1.807) is 4.57 Å². The number of benzene rings is 3. The van der Waals surface area contributed by atoms with Crippen molar-refractivity contribution in [3.8, 4) is 16.9 Å². The second-order valence-corrected chi connectivity index (χ2v) is 12.0. The normalized spacial score (nSPS) is 16.9. The number of amidine groups is 1. The van der Waals surface area contributed by atoms with Crippen LogP contribution in [0.4, 0.5) is 0 Å². The molecule has 0 spiro atoms. The molecule has 1 aromatic heterocycles. The summed E-state index contributed by atoms with van der Waals surface area (Å²) in [6.45, 7) is 8.69. The number of ether oxygens (including phenoxy) is 1. The maximum absolute atomic E-state index is 14.1. The molecule has 0 fully saturated rings. The van der Waals surface area contributed by atoms with E-state index in [1.165, 1.54) is 5.56 Å². The monoisotopic (exact) mass is 578 g/mol. The first-order chi connectivity index (χ1) is 20.7. The van der Waals surface area contributed by atoms with Gasteiger partial charge in [0.25, 0.3) is 12.0 Å². The summed E-state index contributed by atoms with van der Waals surface area (Å²) in [5, 5.41) is 9.67. The Bertz CT molecular complexity index is 1740. The van der Waals surface area contributed by atoms with Crippen molar-refractivity contribution in [1.29, 1.82) is 0 Å². The molecule has 0 radical (unpaired) electrons. The van der Waals surface area contributed by atoms with Gasteiger partial charge in [-0.2, -0.15) is 0 Å². The van der Waals surface area contributed by atoms with Gasteiger partial charge in [0.2, 0.25) is 0 Å². The lowest BCUT2D eigenvalue weighted by atomic mass is 9.96. The predicted molar refractivity (Wildman–Crippen MR) is 167 cm³/mol. The maximum Gasteiger partial charge on any atom is 0.280 e. The van der Waals surface area contributed by atoms with Crippen LogP contribution in [0.3, 0.4) is 0 Å². The first kappa shape index (κ1) is 28.8. The highest BCUT2D eigenvalue weighted by Crippen LogP contribution is 2.38. The topological polar surface area (TPSA) is 98.0 Å². The fraction of sp³-hybridized carbons (Fsp3) is 0.343. The van der Waals surface area contributed by atoms with Crippen LogP contribution in [0.2, 0.25) is 0 Å². The van der Waals surface area contributed by atoms with Gasteiger partial charge in [0, 0.05) is 29.5 Å². The zero-order valence-corrected chi connectivity index (χ0v) is 25.2. The molecule has 43 heavy (non-hydrogen) atoms. The first-order valence-electron chi connectivity index (χ1n) is 15.0. The summed E-state index contributed by atoms with van der Waals surface area (Å²) in [5.74, 6) is 2.10. The van der Waals surface area contributed by atoms with Crippen molar-refractivity contribution in [2.24, 2.45) is 4.99 Å². The minimum absolute atomic E-state index is 0.00626. The van der Waals surface area contributed by atoms with Gasteiger partial charge in [-0.15, -0.1) is 0 Å². The molecular formula is C35H38N4O4. The van der Waals surface area contributed by atoms with Crippen molar-refractivity contribution in [1.82, 2.24) is 15.0 Å². The van der Waals surface area contributed by atoms with Gasteiger partial charge >= 0.3 is 0 Å². The Morgan fingerprint density at radius 3 is 2.53 bits per heavy atom. The molecule has 1 atom stereocenters. The molecule has 0 amide bonds. The molecule has 0 aliphatic carbocycles. The van der Waals surface area contributed by atoms with Crippen molar-refractivity contribution in [3.63, 3.8) is 0 Å². The number of para-hydroxylation sites is 1. The van der Waals surface area contributed by atoms with Crippen LogP contribution in [0.25, 0.3) is 11.1 Å². The molecule has 2 N–H and O–H groups in total. The number of aliphatic hydroxyl groups excluding tert-OH is 1. The van der Waals surface area contributed by atoms with Crippen LogP contribution < -0.4 is 15.8 Å². The van der Waals surface area contributed by atoms with E-state index in [0.717, 1.165) is 76.3 Å². The fourth-order valence-electron chi connectivity index (χ4n) is 5.99. The third-order valence-electron chi connectivity index (χ3n) is 8.14. The van der Waals surface area contributed by atoms with Crippen molar-refractivity contribution in [3.05, 3.63) is 116 Å². The van der Waals surface area contributed by atoms with Gasteiger partial charge in [0.1, 0.15) is 17.2 Å². The smallest absolute Gasteiger partial charge is 0.280 e. The van der Waals surface area contributed by atoms with Crippen LogP contribution in [0.15, 0.2) is 76.5 Å². The molecular weight excluding hydrogens is 540 g/mol. The lowest BCUT2D eigenvalue weighted by molar-refractivity contribution is -0.102. The molecule has 0 saturated heterocycles. The molecule has 4 aromatic rings. The number of unbranched alkanes of at least 4 members (excludes halogenated alkanes) is 1. The molecule has 0 bridgehead atoms. The second-order valence-electron chi connectivity index (χ2n) is 12.0. The molecule has 8 heteroatoms. The number of hydrogen-bond acceptors (Lipinski definition) is 7. The summed E-state index contributed by atoms with van der Waals surface area (Å²) < 4.78 is 8.10. The minimum atomic E-state index is -1.22. The van der Waals surface area contributed by atoms with E-state index in [9.17, 15) is 9.90 Å². The summed E-state index contributed by atoms with van der Waals surface area (Å²) in [5.41, 5.74) is 10.1. The number of rotatable bonds is 9. The Labute approximate surface area is 252 Å². The van der Waals surface area contributed by atoms with Crippen LogP contribution >= 0.6 is 0 Å². The minimum Gasteiger partial charge on any atom is -0.487 e. The number of nitrogens with one attached hydrogen (secondary N) is 1. The Kier molecular flexibility index (Phi) is 7.90. The number of aromatic nitrogens is 2. The highest BCUT2D eigenvalue weighted by Gasteiger charge is 2.32. The number of hydroxylamine groups is 1. The van der Waals surface area contributed by atoms with Crippen molar-refractivity contribution >= 4 is 5.84 Å². The molecule has 3 aromatic carbocycles. The van der Waals surface area contributed by atoms with Gasteiger partial charge in [-0.05, 0) is 55.9 Å². The van der Waals surface area contributed by atoms with Gasteiger partial charge in [-0.25, -0.2) is 20.3 Å². The molecule has 1 unspecified atom stereocenters. The zero-order valence-electron chi connectivity index (χ0n) is 25.2. The van der Waals surface area contributed by atoms with E-state index < -0.39 is 6.41 Å². The number of nitrogens with zero attached hydrogens (tertiary/aromatic N) is 3. The number of fused-ring (bicyclic) bond motifs is 1. The Morgan fingerprint density at radius 2 is 1.81 bits per heavy atom. The lowest BCUT2D eigenvalue weighted by Crippen LogP contribution is -2.30. The van der Waals surface area contributed by atoms with Crippen LogP contribution in [0, 0.1) is 6.92 Å². The van der Waals surface area contributed by atoms with Gasteiger partial charge in [0.15, 0.2) is 5.84 Å². The standard InChI is InChI=1S/C35H38N4O4/c1-5-6-14-30-29(33(40)39(22(2)36-30)21-26-11-9-10-25-20-35(3,4)42-31(25)26)19-23-15-17-24(18-16-23)27-12-7-8-13-28(27)32-37-34(41)43-38-32/h7-13,15-18,34,41H,5-6,14,19-21H2,1-4H3,(H,37,38). The fourth-order valence-corrected chi connectivity index (χ4v) is 5.99. The van der Waals surface area contributed by atoms with Gasteiger partial charge in [0.05, 0.1) is 12.2 Å².